The Hall–Kier alpha value is -8.40. The van der Waals surface area contributed by atoms with Crippen molar-refractivity contribution in [2.24, 2.45) is 0 Å². The summed E-state index contributed by atoms with van der Waals surface area (Å²) >= 11 is 0. The summed E-state index contributed by atoms with van der Waals surface area (Å²) in [6, 6.07) is 79.4. The lowest BCUT2D eigenvalue weighted by molar-refractivity contribution is 0.666. The van der Waals surface area contributed by atoms with E-state index in [9.17, 15) is 0 Å². The highest BCUT2D eigenvalue weighted by atomic mass is 16.3. The van der Waals surface area contributed by atoms with Crippen molar-refractivity contribution in [3.63, 3.8) is 0 Å². The van der Waals surface area contributed by atoms with Gasteiger partial charge in [-0.05, 0) is 128 Å². The molecule has 1 atom stereocenters. The van der Waals surface area contributed by atoms with Crippen LogP contribution in [-0.2, 0) is 0 Å². The molecule has 12 aromatic rings. The van der Waals surface area contributed by atoms with E-state index in [1.54, 1.807) is 0 Å². The van der Waals surface area contributed by atoms with Crippen LogP contribution in [0.25, 0.3) is 98.8 Å². The first-order valence-electron chi connectivity index (χ1n) is 22.5. The summed E-state index contributed by atoms with van der Waals surface area (Å²) in [7, 11) is 0. The monoisotopic (exact) mass is 830 g/mol. The molecule has 1 aliphatic carbocycles. The summed E-state index contributed by atoms with van der Waals surface area (Å²) in [6.07, 6.45) is 7.99. The van der Waals surface area contributed by atoms with E-state index in [0.717, 1.165) is 56.5 Å². The first-order chi connectivity index (χ1) is 32.2. The van der Waals surface area contributed by atoms with Gasteiger partial charge in [-0.2, -0.15) is 0 Å². The van der Waals surface area contributed by atoms with Gasteiger partial charge in [-0.3, -0.25) is 0 Å². The first-order valence-corrected chi connectivity index (χ1v) is 22.5. The molecule has 1 aliphatic rings. The maximum atomic E-state index is 6.55. The first kappa shape index (κ1) is 37.2. The fraction of sp³-hybridized carbons (Fsp3) is 0.0323. The molecular formula is C62H42N2O. The lowest BCUT2D eigenvalue weighted by Gasteiger charge is -2.33. The van der Waals surface area contributed by atoms with Crippen LogP contribution < -0.4 is 4.90 Å². The van der Waals surface area contributed by atoms with E-state index in [1.165, 1.54) is 65.7 Å². The number of benzene rings is 10. The fourth-order valence-electron chi connectivity index (χ4n) is 10.2. The minimum Gasteiger partial charge on any atom is -0.454 e. The molecule has 0 bridgehead atoms. The van der Waals surface area contributed by atoms with E-state index in [1.807, 2.05) is 6.07 Å². The number of furan rings is 1. The maximum Gasteiger partial charge on any atom is 0.159 e. The van der Waals surface area contributed by atoms with Gasteiger partial charge < -0.3 is 13.9 Å². The zero-order valence-corrected chi connectivity index (χ0v) is 35.6. The maximum absolute atomic E-state index is 6.55. The highest BCUT2D eigenvalue weighted by Gasteiger charge is 2.23. The van der Waals surface area contributed by atoms with Gasteiger partial charge in [0.2, 0.25) is 0 Å². The minimum absolute atomic E-state index is 0.117. The molecule has 2 heterocycles. The van der Waals surface area contributed by atoms with Crippen LogP contribution in [0.3, 0.4) is 0 Å². The van der Waals surface area contributed by atoms with E-state index in [4.69, 9.17) is 4.42 Å². The number of aromatic nitrogens is 1. The zero-order valence-electron chi connectivity index (χ0n) is 35.6. The molecule has 0 spiro atoms. The minimum atomic E-state index is 0.117. The molecule has 1 unspecified atom stereocenters. The SMILES string of the molecule is C1=CC(N(c2ccc(-c3ccc4ccccc4c3)cc2)c2ccc(-c3ccc4ccccc4c3)cc2)CC=C1c1ccc2c(c1)c1ccccc1n2-c1cccc2c1oc1ccccc12. The van der Waals surface area contributed by atoms with E-state index >= 15 is 0 Å². The van der Waals surface area contributed by atoms with E-state index in [-0.39, 0.29) is 6.04 Å². The molecule has 0 amide bonds. The van der Waals surface area contributed by atoms with Crippen molar-refractivity contribution in [2.45, 2.75) is 12.5 Å². The zero-order chi connectivity index (χ0) is 42.8. The Morgan fingerprint density at radius 3 is 1.63 bits per heavy atom. The van der Waals surface area contributed by atoms with Gasteiger partial charge >= 0.3 is 0 Å². The third kappa shape index (κ3) is 6.35. The van der Waals surface area contributed by atoms with Crippen LogP contribution in [0.15, 0.2) is 241 Å². The number of allylic oxidation sites excluding steroid dienone is 2. The summed E-state index contributed by atoms with van der Waals surface area (Å²) in [5.74, 6) is 0. The number of hydrogen-bond donors (Lipinski definition) is 0. The third-order valence-electron chi connectivity index (χ3n) is 13.5. The molecule has 306 valence electrons. The van der Waals surface area contributed by atoms with E-state index in [2.05, 4.69) is 240 Å². The van der Waals surface area contributed by atoms with E-state index in [0.29, 0.717) is 0 Å². The van der Waals surface area contributed by atoms with Crippen molar-refractivity contribution < 1.29 is 4.42 Å². The van der Waals surface area contributed by atoms with Gasteiger partial charge in [0, 0.05) is 32.9 Å². The Morgan fingerprint density at radius 2 is 0.969 bits per heavy atom. The summed E-state index contributed by atoms with van der Waals surface area (Å²) in [5.41, 5.74) is 14.8. The second-order valence-corrected chi connectivity index (χ2v) is 17.2. The molecule has 0 saturated heterocycles. The van der Waals surface area contributed by atoms with Gasteiger partial charge in [-0.15, -0.1) is 0 Å². The number of para-hydroxylation sites is 3. The van der Waals surface area contributed by atoms with Crippen LogP contribution >= 0.6 is 0 Å². The van der Waals surface area contributed by atoms with Crippen LogP contribution in [0.1, 0.15) is 12.0 Å². The molecular weight excluding hydrogens is 789 g/mol. The summed E-state index contributed by atoms with van der Waals surface area (Å²) in [4.78, 5) is 2.49. The predicted octanol–water partition coefficient (Wildman–Crippen LogP) is 16.9. The quantitative estimate of drug-likeness (QED) is 0.160. The van der Waals surface area contributed by atoms with Crippen LogP contribution in [0.4, 0.5) is 11.4 Å². The second kappa shape index (κ2) is 15.1. The highest BCUT2D eigenvalue weighted by Crippen LogP contribution is 2.41. The van der Waals surface area contributed by atoms with Crippen molar-refractivity contribution in [3.8, 4) is 27.9 Å². The van der Waals surface area contributed by atoms with Crippen molar-refractivity contribution in [1.82, 2.24) is 4.57 Å². The summed E-state index contributed by atoms with van der Waals surface area (Å²) in [6.45, 7) is 0. The summed E-state index contributed by atoms with van der Waals surface area (Å²) < 4.78 is 8.92. The van der Waals surface area contributed by atoms with Gasteiger partial charge in [-0.1, -0.05) is 170 Å². The average molecular weight is 831 g/mol. The van der Waals surface area contributed by atoms with Gasteiger partial charge in [0.25, 0.3) is 0 Å². The Bertz CT molecular complexity index is 3740. The number of fused-ring (bicyclic) bond motifs is 8. The standard InChI is InChI=1S/C62H42N2O/c1-3-12-46-38-48(22-20-41(46)10-1)43-24-31-51(32-25-43)63(52-33-26-44(27-34-52)49-23-21-42-11-2-4-13-47(42)39-49)53-35-28-45(29-36-53)50-30-37-59-57(40-50)54-14-5-7-17-58(54)64(59)60-18-9-16-56-55-15-6-8-19-61(55)65-62(56)60/h1-35,37-40,53H,36H2. The molecule has 0 saturated carbocycles. The second-order valence-electron chi connectivity index (χ2n) is 17.2. The molecule has 0 aliphatic heterocycles. The third-order valence-corrected chi connectivity index (χ3v) is 13.5. The Morgan fingerprint density at radius 1 is 0.415 bits per heavy atom. The van der Waals surface area contributed by atoms with Crippen molar-refractivity contribution in [2.75, 3.05) is 4.90 Å². The van der Waals surface area contributed by atoms with Gasteiger partial charge in [-0.25, -0.2) is 0 Å². The molecule has 13 rings (SSSR count). The van der Waals surface area contributed by atoms with E-state index < -0.39 is 0 Å². The van der Waals surface area contributed by atoms with Crippen molar-refractivity contribution in [3.05, 3.63) is 242 Å². The normalized spacial score (nSPS) is 14.0. The molecule has 3 heteroatoms. The van der Waals surface area contributed by atoms with Crippen LogP contribution in [-0.4, -0.2) is 10.6 Å². The lowest BCUT2D eigenvalue weighted by Crippen LogP contribution is -2.30. The average Bonchev–Trinajstić information content (AvgIpc) is 3.92. The van der Waals surface area contributed by atoms with Crippen LogP contribution in [0.5, 0.6) is 0 Å². The Balaban J connectivity index is 0.853. The number of rotatable bonds is 7. The summed E-state index contributed by atoms with van der Waals surface area (Å²) in [5, 5.41) is 9.73. The Labute approximate surface area is 377 Å². The molecule has 10 aromatic carbocycles. The number of nitrogens with zero attached hydrogens (tertiary/aromatic N) is 2. The fourth-order valence-corrected chi connectivity index (χ4v) is 10.2. The van der Waals surface area contributed by atoms with Gasteiger partial charge in [0.05, 0.1) is 22.8 Å². The van der Waals surface area contributed by atoms with Gasteiger partial charge in [0.1, 0.15) is 5.58 Å². The molecule has 2 aromatic heterocycles. The van der Waals surface area contributed by atoms with Crippen LogP contribution in [0.2, 0.25) is 0 Å². The highest BCUT2D eigenvalue weighted by molar-refractivity contribution is 6.13. The Kier molecular flexibility index (Phi) is 8.67. The largest absolute Gasteiger partial charge is 0.454 e. The number of hydrogen-bond acceptors (Lipinski definition) is 2. The molecule has 3 nitrogen and oxygen atoms in total. The van der Waals surface area contributed by atoms with Crippen molar-refractivity contribution in [1.29, 1.82) is 0 Å². The number of anilines is 2. The molecule has 0 N–H and O–H groups in total. The lowest BCUT2D eigenvalue weighted by atomic mass is 9.94. The smallest absolute Gasteiger partial charge is 0.159 e. The van der Waals surface area contributed by atoms with Crippen molar-refractivity contribution >= 4 is 82.2 Å². The topological polar surface area (TPSA) is 21.3 Å². The molecule has 65 heavy (non-hydrogen) atoms. The molecule has 0 fully saturated rings. The molecule has 0 radical (unpaired) electrons. The predicted molar refractivity (Wildman–Crippen MR) is 274 cm³/mol. The van der Waals surface area contributed by atoms with Gasteiger partial charge in [0.15, 0.2) is 5.58 Å². The van der Waals surface area contributed by atoms with Crippen LogP contribution in [0, 0.1) is 0 Å².